The number of nitrogens with zero attached hydrogens (tertiary/aromatic N) is 1. The maximum Gasteiger partial charge on any atom is 0.269 e. The number of hydrazine groups is 1. The summed E-state index contributed by atoms with van der Waals surface area (Å²) in [5, 5.41) is 2.76. The van der Waals surface area contributed by atoms with Crippen molar-refractivity contribution >= 4 is 23.4 Å². The van der Waals surface area contributed by atoms with Crippen LogP contribution in [-0.2, 0) is 9.59 Å². The van der Waals surface area contributed by atoms with Crippen LogP contribution < -0.4 is 16.2 Å². The highest BCUT2D eigenvalue weighted by Crippen LogP contribution is 2.08. The van der Waals surface area contributed by atoms with E-state index in [2.05, 4.69) is 16.2 Å². The van der Waals surface area contributed by atoms with Crippen molar-refractivity contribution in [1.29, 1.82) is 0 Å². The highest BCUT2D eigenvalue weighted by molar-refractivity contribution is 5.95. The minimum atomic E-state index is -0.417. The lowest BCUT2D eigenvalue weighted by Crippen LogP contribution is -2.46. The number of likely N-dealkylation sites (N-methyl/N-ethyl adjacent to an activating group) is 1. The first-order valence-electron chi connectivity index (χ1n) is 8.13. The van der Waals surface area contributed by atoms with Gasteiger partial charge in [0.05, 0.1) is 13.1 Å². The number of hydrogen-bond acceptors (Lipinski definition) is 4. The van der Waals surface area contributed by atoms with Gasteiger partial charge in [-0.25, -0.2) is 0 Å². The van der Waals surface area contributed by atoms with Crippen LogP contribution in [0.4, 0.5) is 5.69 Å². The molecule has 26 heavy (non-hydrogen) atoms. The summed E-state index contributed by atoms with van der Waals surface area (Å²) in [5.41, 5.74) is 6.92. The number of rotatable bonds is 6. The van der Waals surface area contributed by atoms with E-state index in [4.69, 9.17) is 0 Å². The van der Waals surface area contributed by atoms with Crippen LogP contribution in [0.1, 0.15) is 15.9 Å². The summed E-state index contributed by atoms with van der Waals surface area (Å²) in [6.45, 7) is 1.99. The Morgan fingerprint density at radius 2 is 1.46 bits per heavy atom. The molecule has 0 saturated carbocycles. The Labute approximate surface area is 152 Å². The van der Waals surface area contributed by atoms with E-state index < -0.39 is 11.8 Å². The van der Waals surface area contributed by atoms with Gasteiger partial charge in [0.15, 0.2) is 0 Å². The van der Waals surface area contributed by atoms with Gasteiger partial charge in [-0.05, 0) is 38.2 Å². The molecule has 0 fully saturated rings. The molecule has 0 aliphatic heterocycles. The molecule has 0 radical (unpaired) electrons. The van der Waals surface area contributed by atoms with Crippen molar-refractivity contribution in [2.24, 2.45) is 0 Å². The summed E-state index contributed by atoms with van der Waals surface area (Å²) in [4.78, 5) is 37.2. The fraction of sp³-hybridized carbons (Fsp3) is 0.211. The molecule has 0 unspecified atom stereocenters. The van der Waals surface area contributed by atoms with Crippen molar-refractivity contribution in [3.63, 3.8) is 0 Å². The van der Waals surface area contributed by atoms with Gasteiger partial charge in [0.1, 0.15) is 0 Å². The van der Waals surface area contributed by atoms with Crippen LogP contribution in [0.2, 0.25) is 0 Å². The van der Waals surface area contributed by atoms with Crippen molar-refractivity contribution in [2.45, 2.75) is 6.92 Å². The number of carbonyl (C=O) groups is 3. The average molecular weight is 354 g/mol. The van der Waals surface area contributed by atoms with Crippen LogP contribution in [0.25, 0.3) is 0 Å². The quantitative estimate of drug-likeness (QED) is 0.683. The summed E-state index contributed by atoms with van der Waals surface area (Å²) in [6.07, 6.45) is 0. The Kier molecular flexibility index (Phi) is 6.87. The van der Waals surface area contributed by atoms with Gasteiger partial charge in [0, 0.05) is 11.3 Å². The first-order valence-corrected chi connectivity index (χ1v) is 8.13. The zero-order chi connectivity index (χ0) is 18.9. The van der Waals surface area contributed by atoms with Crippen LogP contribution in [0.15, 0.2) is 54.6 Å². The molecule has 7 nitrogen and oxygen atoms in total. The topological polar surface area (TPSA) is 90.5 Å². The van der Waals surface area contributed by atoms with Crippen molar-refractivity contribution in [1.82, 2.24) is 15.8 Å². The average Bonchev–Trinajstić information content (AvgIpc) is 2.62. The molecular formula is C19H22N4O3. The smallest absolute Gasteiger partial charge is 0.269 e. The molecule has 0 aliphatic rings. The van der Waals surface area contributed by atoms with E-state index in [9.17, 15) is 14.4 Å². The SMILES string of the molecule is Cc1ccc(NC(=O)CN(C)CC(=O)NNC(=O)c2ccccc2)cc1. The molecule has 0 atom stereocenters. The summed E-state index contributed by atoms with van der Waals surface area (Å²) < 4.78 is 0. The summed E-state index contributed by atoms with van der Waals surface area (Å²) in [5.74, 6) is -1.05. The first-order chi connectivity index (χ1) is 12.4. The summed E-state index contributed by atoms with van der Waals surface area (Å²) in [7, 11) is 1.65. The molecule has 0 bridgehead atoms. The molecule has 0 aromatic heterocycles. The summed E-state index contributed by atoms with van der Waals surface area (Å²) in [6, 6.07) is 16.0. The van der Waals surface area contributed by atoms with Crippen molar-refractivity contribution < 1.29 is 14.4 Å². The molecule has 2 aromatic rings. The van der Waals surface area contributed by atoms with Crippen LogP contribution in [0, 0.1) is 6.92 Å². The number of anilines is 1. The lowest BCUT2D eigenvalue weighted by molar-refractivity contribution is -0.123. The van der Waals surface area contributed by atoms with Gasteiger partial charge in [0.2, 0.25) is 5.91 Å². The number of carbonyl (C=O) groups excluding carboxylic acids is 3. The normalized spacial score (nSPS) is 10.3. The largest absolute Gasteiger partial charge is 0.325 e. The molecule has 2 aromatic carbocycles. The number of nitrogens with one attached hydrogen (secondary N) is 3. The third-order valence-corrected chi connectivity index (χ3v) is 3.51. The van der Waals surface area contributed by atoms with E-state index in [-0.39, 0.29) is 19.0 Å². The fourth-order valence-corrected chi connectivity index (χ4v) is 2.21. The van der Waals surface area contributed by atoms with E-state index in [0.717, 1.165) is 5.56 Å². The van der Waals surface area contributed by atoms with Crippen LogP contribution in [-0.4, -0.2) is 42.8 Å². The number of benzene rings is 2. The lowest BCUT2D eigenvalue weighted by Gasteiger charge is -2.16. The van der Waals surface area contributed by atoms with Gasteiger partial charge in [-0.1, -0.05) is 35.9 Å². The second-order valence-corrected chi connectivity index (χ2v) is 5.95. The Hall–Kier alpha value is -3.19. The highest BCUT2D eigenvalue weighted by Gasteiger charge is 2.12. The van der Waals surface area contributed by atoms with Gasteiger partial charge in [-0.15, -0.1) is 0 Å². The van der Waals surface area contributed by atoms with Gasteiger partial charge in [-0.3, -0.25) is 30.1 Å². The Balaban J connectivity index is 1.71. The standard InChI is InChI=1S/C19H22N4O3/c1-14-8-10-16(11-9-14)20-17(24)12-23(2)13-18(25)21-22-19(26)15-6-4-3-5-7-15/h3-11H,12-13H2,1-2H3,(H,20,24)(H,21,25)(H,22,26). The van der Waals surface area contributed by atoms with Crippen molar-refractivity contribution in [3.8, 4) is 0 Å². The molecule has 7 heteroatoms. The third kappa shape index (κ3) is 6.37. The molecule has 0 spiro atoms. The Bertz CT molecular complexity index is 760. The molecule has 3 N–H and O–H groups in total. The van der Waals surface area contributed by atoms with E-state index >= 15 is 0 Å². The molecule has 0 saturated heterocycles. The van der Waals surface area contributed by atoms with E-state index in [1.54, 1.807) is 42.3 Å². The monoisotopic (exact) mass is 354 g/mol. The predicted molar refractivity (Wildman–Crippen MR) is 99.4 cm³/mol. The second kappa shape index (κ2) is 9.33. The van der Waals surface area contributed by atoms with Gasteiger partial charge < -0.3 is 5.32 Å². The van der Waals surface area contributed by atoms with Crippen molar-refractivity contribution in [2.75, 3.05) is 25.5 Å². The van der Waals surface area contributed by atoms with Gasteiger partial charge >= 0.3 is 0 Å². The Morgan fingerprint density at radius 3 is 2.12 bits per heavy atom. The minimum absolute atomic E-state index is 0.0314. The fourth-order valence-electron chi connectivity index (χ4n) is 2.21. The van der Waals surface area contributed by atoms with Crippen LogP contribution in [0.3, 0.4) is 0 Å². The minimum Gasteiger partial charge on any atom is -0.325 e. The molecule has 0 heterocycles. The third-order valence-electron chi connectivity index (χ3n) is 3.51. The number of amides is 3. The molecule has 3 amide bonds. The molecule has 0 aliphatic carbocycles. The van der Waals surface area contributed by atoms with Crippen molar-refractivity contribution in [3.05, 3.63) is 65.7 Å². The van der Waals surface area contributed by atoms with E-state index in [0.29, 0.717) is 11.3 Å². The highest BCUT2D eigenvalue weighted by atomic mass is 16.2. The zero-order valence-corrected chi connectivity index (χ0v) is 14.8. The zero-order valence-electron chi connectivity index (χ0n) is 14.8. The van der Waals surface area contributed by atoms with Crippen LogP contribution in [0.5, 0.6) is 0 Å². The molecule has 136 valence electrons. The maximum atomic E-state index is 12.0. The maximum absolute atomic E-state index is 12.0. The molecular weight excluding hydrogens is 332 g/mol. The predicted octanol–water partition coefficient (Wildman–Crippen LogP) is 1.33. The van der Waals surface area contributed by atoms with Crippen LogP contribution >= 0.6 is 0 Å². The second-order valence-electron chi connectivity index (χ2n) is 5.95. The van der Waals surface area contributed by atoms with E-state index in [1.165, 1.54) is 0 Å². The first kappa shape index (κ1) is 19.1. The number of hydrogen-bond donors (Lipinski definition) is 3. The lowest BCUT2D eigenvalue weighted by atomic mass is 10.2. The Morgan fingerprint density at radius 1 is 0.846 bits per heavy atom. The van der Waals surface area contributed by atoms with E-state index in [1.807, 2.05) is 31.2 Å². The van der Waals surface area contributed by atoms with Gasteiger partial charge in [-0.2, -0.15) is 0 Å². The number of aryl methyl sites for hydroxylation is 1. The summed E-state index contributed by atoms with van der Waals surface area (Å²) >= 11 is 0. The molecule has 2 rings (SSSR count). The van der Waals surface area contributed by atoms with Gasteiger partial charge in [0.25, 0.3) is 11.8 Å².